The monoisotopic (exact) mass is 211 g/mol. The molecule has 0 aromatic carbocycles. The maximum atomic E-state index is 11.7. The summed E-state index contributed by atoms with van der Waals surface area (Å²) in [6, 6.07) is 0. The van der Waals surface area contributed by atoms with E-state index in [4.69, 9.17) is 0 Å². The molecule has 1 amide bonds. The van der Waals surface area contributed by atoms with Crippen molar-refractivity contribution in [1.82, 2.24) is 5.32 Å². The molecule has 2 fully saturated rings. The molecule has 2 aliphatic carbocycles. The van der Waals surface area contributed by atoms with Crippen LogP contribution in [-0.4, -0.2) is 23.7 Å². The van der Waals surface area contributed by atoms with E-state index < -0.39 is 0 Å². The number of hydrogen-bond acceptors (Lipinski definition) is 2. The zero-order chi connectivity index (χ0) is 10.7. The number of nitrogens with one attached hydrogen (secondary N) is 1. The van der Waals surface area contributed by atoms with Gasteiger partial charge in [0.1, 0.15) is 0 Å². The fraction of sp³-hybridized carbons (Fsp3) is 0.917. The molecule has 0 aliphatic heterocycles. The Morgan fingerprint density at radius 1 is 1.20 bits per heavy atom. The van der Waals surface area contributed by atoms with E-state index in [1.165, 1.54) is 19.3 Å². The molecule has 0 aromatic heterocycles. The van der Waals surface area contributed by atoms with E-state index in [0.717, 1.165) is 25.7 Å². The van der Waals surface area contributed by atoms with E-state index in [1.807, 2.05) is 0 Å². The molecule has 0 radical (unpaired) electrons. The Bertz CT molecular complexity index is 220. The van der Waals surface area contributed by atoms with E-state index >= 15 is 0 Å². The first-order chi connectivity index (χ1) is 7.27. The summed E-state index contributed by atoms with van der Waals surface area (Å²) < 4.78 is 0. The number of aliphatic hydroxyl groups excluding tert-OH is 1. The summed E-state index contributed by atoms with van der Waals surface area (Å²) in [5, 5.41) is 12.5. The highest BCUT2D eigenvalue weighted by Gasteiger charge is 2.30. The predicted octanol–water partition coefficient (Wildman–Crippen LogP) is 1.45. The number of aliphatic hydroxyl groups is 1. The first-order valence-electron chi connectivity index (χ1n) is 6.23. The third kappa shape index (κ3) is 3.20. The van der Waals surface area contributed by atoms with Crippen LogP contribution in [-0.2, 0) is 4.79 Å². The molecule has 0 saturated heterocycles. The smallest absolute Gasteiger partial charge is 0.223 e. The van der Waals surface area contributed by atoms with Crippen LogP contribution in [0.1, 0.15) is 44.9 Å². The van der Waals surface area contributed by atoms with Crippen molar-refractivity contribution in [3.05, 3.63) is 0 Å². The number of carbonyl (C=O) groups is 1. The normalized spacial score (nSPS) is 24.9. The number of rotatable bonds is 4. The van der Waals surface area contributed by atoms with Crippen LogP contribution >= 0.6 is 0 Å². The summed E-state index contributed by atoms with van der Waals surface area (Å²) >= 11 is 0. The largest absolute Gasteiger partial charge is 0.391 e. The van der Waals surface area contributed by atoms with Gasteiger partial charge in [-0.05, 0) is 31.6 Å². The second kappa shape index (κ2) is 4.97. The molecule has 2 saturated carbocycles. The van der Waals surface area contributed by atoms with Crippen molar-refractivity contribution in [2.45, 2.75) is 51.0 Å². The topological polar surface area (TPSA) is 49.3 Å². The highest BCUT2D eigenvalue weighted by Crippen LogP contribution is 2.32. The van der Waals surface area contributed by atoms with Crippen molar-refractivity contribution < 1.29 is 9.90 Å². The molecule has 2 aliphatic rings. The van der Waals surface area contributed by atoms with Gasteiger partial charge in [-0.2, -0.15) is 0 Å². The van der Waals surface area contributed by atoms with E-state index in [1.54, 1.807) is 0 Å². The van der Waals surface area contributed by atoms with E-state index in [0.29, 0.717) is 12.5 Å². The van der Waals surface area contributed by atoms with E-state index in [-0.39, 0.29) is 17.9 Å². The molecule has 0 bridgehead atoms. The summed E-state index contributed by atoms with van der Waals surface area (Å²) in [5.41, 5.74) is 0. The summed E-state index contributed by atoms with van der Waals surface area (Å²) in [6.45, 7) is 0.458. The molecule has 3 nitrogen and oxygen atoms in total. The molecule has 1 unspecified atom stereocenters. The molecule has 0 heterocycles. The van der Waals surface area contributed by atoms with Gasteiger partial charge in [-0.15, -0.1) is 0 Å². The van der Waals surface area contributed by atoms with E-state index in [2.05, 4.69) is 5.32 Å². The lowest BCUT2D eigenvalue weighted by Crippen LogP contribution is -2.37. The summed E-state index contributed by atoms with van der Waals surface area (Å²) in [6.07, 6.45) is 7.65. The zero-order valence-electron chi connectivity index (χ0n) is 9.24. The Balaban J connectivity index is 1.66. The SMILES string of the molecule is O=C(NCC(O)C1CC1)C1CCCCC1. The van der Waals surface area contributed by atoms with Crippen LogP contribution in [0.25, 0.3) is 0 Å². The van der Waals surface area contributed by atoms with Crippen molar-refractivity contribution in [1.29, 1.82) is 0 Å². The molecule has 0 spiro atoms. The third-order valence-corrected chi connectivity index (χ3v) is 3.63. The predicted molar refractivity (Wildman–Crippen MR) is 58.3 cm³/mol. The Morgan fingerprint density at radius 2 is 1.87 bits per heavy atom. The minimum absolute atomic E-state index is 0.161. The molecule has 86 valence electrons. The Kier molecular flexibility index (Phi) is 3.62. The second-order valence-electron chi connectivity index (χ2n) is 4.98. The van der Waals surface area contributed by atoms with Crippen molar-refractivity contribution in [3.8, 4) is 0 Å². The average Bonchev–Trinajstić information content (AvgIpc) is 3.10. The van der Waals surface area contributed by atoms with Gasteiger partial charge in [0, 0.05) is 12.5 Å². The minimum Gasteiger partial charge on any atom is -0.391 e. The second-order valence-corrected chi connectivity index (χ2v) is 4.98. The number of hydrogen-bond donors (Lipinski definition) is 2. The van der Waals surface area contributed by atoms with Crippen LogP contribution in [0.5, 0.6) is 0 Å². The van der Waals surface area contributed by atoms with Gasteiger partial charge in [-0.1, -0.05) is 19.3 Å². The first kappa shape index (κ1) is 10.9. The lowest BCUT2D eigenvalue weighted by molar-refractivity contribution is -0.126. The van der Waals surface area contributed by atoms with Gasteiger partial charge in [-0.25, -0.2) is 0 Å². The van der Waals surface area contributed by atoms with Crippen LogP contribution < -0.4 is 5.32 Å². The van der Waals surface area contributed by atoms with Gasteiger partial charge in [0.25, 0.3) is 0 Å². The molecule has 2 N–H and O–H groups in total. The quantitative estimate of drug-likeness (QED) is 0.739. The van der Waals surface area contributed by atoms with Gasteiger partial charge >= 0.3 is 0 Å². The Morgan fingerprint density at radius 3 is 2.47 bits per heavy atom. The van der Waals surface area contributed by atoms with Crippen molar-refractivity contribution in [2.24, 2.45) is 11.8 Å². The van der Waals surface area contributed by atoms with Gasteiger partial charge in [0.15, 0.2) is 0 Å². The minimum atomic E-state index is -0.308. The molecular formula is C12H21NO2. The molecule has 0 aromatic rings. The van der Waals surface area contributed by atoms with Gasteiger partial charge < -0.3 is 10.4 Å². The average molecular weight is 211 g/mol. The van der Waals surface area contributed by atoms with Crippen LogP contribution in [0.15, 0.2) is 0 Å². The summed E-state index contributed by atoms with van der Waals surface area (Å²) in [5.74, 6) is 0.830. The summed E-state index contributed by atoms with van der Waals surface area (Å²) in [7, 11) is 0. The standard InChI is InChI=1S/C12H21NO2/c14-11(9-6-7-9)8-13-12(15)10-4-2-1-3-5-10/h9-11,14H,1-8H2,(H,13,15). The Hall–Kier alpha value is -0.570. The maximum Gasteiger partial charge on any atom is 0.223 e. The lowest BCUT2D eigenvalue weighted by atomic mass is 9.88. The van der Waals surface area contributed by atoms with Crippen molar-refractivity contribution in [2.75, 3.05) is 6.54 Å². The van der Waals surface area contributed by atoms with E-state index in [9.17, 15) is 9.90 Å². The molecule has 2 rings (SSSR count). The Labute approximate surface area is 91.2 Å². The van der Waals surface area contributed by atoms with Crippen LogP contribution in [0.2, 0.25) is 0 Å². The first-order valence-corrected chi connectivity index (χ1v) is 6.23. The van der Waals surface area contributed by atoms with Crippen LogP contribution in [0, 0.1) is 11.8 Å². The molecular weight excluding hydrogens is 190 g/mol. The highest BCUT2D eigenvalue weighted by molar-refractivity contribution is 5.78. The van der Waals surface area contributed by atoms with Crippen molar-refractivity contribution in [3.63, 3.8) is 0 Å². The fourth-order valence-corrected chi connectivity index (χ4v) is 2.36. The van der Waals surface area contributed by atoms with Crippen LogP contribution in [0.3, 0.4) is 0 Å². The number of amides is 1. The molecule has 15 heavy (non-hydrogen) atoms. The van der Waals surface area contributed by atoms with Gasteiger partial charge in [-0.3, -0.25) is 4.79 Å². The third-order valence-electron chi connectivity index (χ3n) is 3.63. The number of carbonyl (C=O) groups excluding carboxylic acids is 1. The maximum absolute atomic E-state index is 11.7. The zero-order valence-corrected chi connectivity index (χ0v) is 9.24. The summed E-state index contributed by atoms with van der Waals surface area (Å²) in [4.78, 5) is 11.7. The lowest BCUT2D eigenvalue weighted by Gasteiger charge is -2.21. The van der Waals surface area contributed by atoms with Gasteiger partial charge in [0.2, 0.25) is 5.91 Å². The highest BCUT2D eigenvalue weighted by atomic mass is 16.3. The fourth-order valence-electron chi connectivity index (χ4n) is 2.36. The van der Waals surface area contributed by atoms with Crippen LogP contribution in [0.4, 0.5) is 0 Å². The van der Waals surface area contributed by atoms with Crippen molar-refractivity contribution >= 4 is 5.91 Å². The van der Waals surface area contributed by atoms with Gasteiger partial charge in [0.05, 0.1) is 6.10 Å². The molecule has 1 atom stereocenters. The molecule has 3 heteroatoms.